The summed E-state index contributed by atoms with van der Waals surface area (Å²) in [7, 11) is 1.71. The Morgan fingerprint density at radius 3 is 2.50 bits per heavy atom. The Kier molecular flexibility index (Phi) is 8.01. The average Bonchev–Trinajstić information content (AvgIpc) is 2.76. The predicted octanol–water partition coefficient (Wildman–Crippen LogP) is 5.14. The Balaban J connectivity index is 1.63. The monoisotopic (exact) mass is 458 g/mol. The van der Waals surface area contributed by atoms with Gasteiger partial charge in [-0.25, -0.2) is 4.98 Å². The van der Waals surface area contributed by atoms with Crippen molar-refractivity contribution >= 4 is 23.3 Å². The van der Waals surface area contributed by atoms with Gasteiger partial charge in [-0.05, 0) is 76.3 Å². The molecular formula is C25H35ClN4O2. The maximum absolute atomic E-state index is 13.0. The number of carbonyl (C=O) groups is 1. The molecule has 2 heterocycles. The molecule has 3 rings (SSSR count). The number of anilines is 1. The molecule has 1 fully saturated rings. The molecule has 0 bridgehead atoms. The lowest BCUT2D eigenvalue weighted by molar-refractivity contribution is 0.0896. The van der Waals surface area contributed by atoms with E-state index in [4.69, 9.17) is 16.3 Å². The smallest absolute Gasteiger partial charge is 0.255 e. The van der Waals surface area contributed by atoms with Crippen LogP contribution in [0.15, 0.2) is 24.4 Å². The molecule has 2 aromatic rings. The van der Waals surface area contributed by atoms with Crippen LogP contribution in [0.5, 0.6) is 5.75 Å². The van der Waals surface area contributed by atoms with Crippen molar-refractivity contribution < 1.29 is 9.53 Å². The first-order valence-electron chi connectivity index (χ1n) is 11.3. The van der Waals surface area contributed by atoms with E-state index < -0.39 is 0 Å². The summed E-state index contributed by atoms with van der Waals surface area (Å²) in [5.41, 5.74) is 4.30. The number of piperidine rings is 1. The number of hydrogen-bond acceptors (Lipinski definition) is 5. The molecule has 6 nitrogen and oxygen atoms in total. The van der Waals surface area contributed by atoms with Crippen LogP contribution in [-0.2, 0) is 0 Å². The minimum atomic E-state index is -0.128. The van der Waals surface area contributed by atoms with Gasteiger partial charge in [0.1, 0.15) is 11.6 Å². The quantitative estimate of drug-likeness (QED) is 0.601. The third-order valence-corrected chi connectivity index (χ3v) is 6.59. The van der Waals surface area contributed by atoms with Crippen LogP contribution in [0.4, 0.5) is 5.82 Å². The number of amides is 1. The summed E-state index contributed by atoms with van der Waals surface area (Å²) in [6, 6.07) is 6.54. The van der Waals surface area contributed by atoms with Gasteiger partial charge in [0, 0.05) is 37.4 Å². The van der Waals surface area contributed by atoms with Crippen molar-refractivity contribution in [2.24, 2.45) is 0 Å². The zero-order chi connectivity index (χ0) is 23.4. The van der Waals surface area contributed by atoms with E-state index in [2.05, 4.69) is 53.4 Å². The van der Waals surface area contributed by atoms with E-state index in [1.807, 2.05) is 13.8 Å². The van der Waals surface area contributed by atoms with Crippen molar-refractivity contribution in [2.75, 3.05) is 25.5 Å². The standard InChI is InChI=1S/C25H35ClN4O2/c1-15(2)28-24-22(13-19(26)14-27-24)25(31)29-20-9-11-30(12-10-20)18(5)21-7-8-23(32-6)17(4)16(21)3/h7-8,13-15,18,20H,9-12H2,1-6H3,(H,27,28)(H,29,31). The first-order valence-corrected chi connectivity index (χ1v) is 11.7. The maximum atomic E-state index is 13.0. The van der Waals surface area contributed by atoms with Gasteiger partial charge < -0.3 is 15.4 Å². The van der Waals surface area contributed by atoms with E-state index in [-0.39, 0.29) is 18.0 Å². The van der Waals surface area contributed by atoms with Crippen LogP contribution in [0.1, 0.15) is 66.7 Å². The van der Waals surface area contributed by atoms with E-state index in [0.717, 1.165) is 31.7 Å². The lowest BCUT2D eigenvalue weighted by Crippen LogP contribution is -2.45. The Morgan fingerprint density at radius 2 is 1.88 bits per heavy atom. The predicted molar refractivity (Wildman–Crippen MR) is 131 cm³/mol. The third kappa shape index (κ3) is 5.54. The fraction of sp³-hybridized carbons (Fsp3) is 0.520. The van der Waals surface area contributed by atoms with Gasteiger partial charge in [-0.3, -0.25) is 9.69 Å². The highest BCUT2D eigenvalue weighted by Gasteiger charge is 2.27. The van der Waals surface area contributed by atoms with Crippen LogP contribution in [0.3, 0.4) is 0 Å². The number of ether oxygens (including phenoxy) is 1. The Labute approximate surface area is 196 Å². The van der Waals surface area contributed by atoms with E-state index in [9.17, 15) is 4.79 Å². The molecule has 1 unspecified atom stereocenters. The van der Waals surface area contributed by atoms with Gasteiger partial charge in [-0.15, -0.1) is 0 Å². The maximum Gasteiger partial charge on any atom is 0.255 e. The number of benzene rings is 1. The van der Waals surface area contributed by atoms with E-state index in [0.29, 0.717) is 22.4 Å². The molecule has 32 heavy (non-hydrogen) atoms. The molecule has 7 heteroatoms. The van der Waals surface area contributed by atoms with Gasteiger partial charge in [0.2, 0.25) is 0 Å². The van der Waals surface area contributed by atoms with E-state index in [1.54, 1.807) is 19.4 Å². The number of nitrogens with zero attached hydrogens (tertiary/aromatic N) is 2. The van der Waals surface area contributed by atoms with Crippen LogP contribution in [0.2, 0.25) is 5.02 Å². The number of likely N-dealkylation sites (tertiary alicyclic amines) is 1. The lowest BCUT2D eigenvalue weighted by atomic mass is 9.94. The van der Waals surface area contributed by atoms with Gasteiger partial charge in [-0.2, -0.15) is 0 Å². The molecule has 2 N–H and O–H groups in total. The first kappa shape index (κ1) is 24.3. The number of hydrogen-bond donors (Lipinski definition) is 2. The number of nitrogens with one attached hydrogen (secondary N) is 2. The Hall–Kier alpha value is -2.31. The lowest BCUT2D eigenvalue weighted by Gasteiger charge is -2.37. The first-order chi connectivity index (χ1) is 15.2. The van der Waals surface area contributed by atoms with Gasteiger partial charge >= 0.3 is 0 Å². The summed E-state index contributed by atoms with van der Waals surface area (Å²) in [5, 5.41) is 6.88. The fourth-order valence-corrected chi connectivity index (χ4v) is 4.54. The van der Waals surface area contributed by atoms with Crippen LogP contribution in [0.25, 0.3) is 0 Å². The van der Waals surface area contributed by atoms with Crippen molar-refractivity contribution in [2.45, 2.75) is 65.6 Å². The van der Waals surface area contributed by atoms with E-state index >= 15 is 0 Å². The molecule has 174 valence electrons. The number of methoxy groups -OCH3 is 1. The van der Waals surface area contributed by atoms with E-state index in [1.165, 1.54) is 16.7 Å². The highest BCUT2D eigenvalue weighted by molar-refractivity contribution is 6.31. The molecule has 1 saturated heterocycles. The number of rotatable bonds is 7. The second kappa shape index (κ2) is 10.5. The fourth-order valence-electron chi connectivity index (χ4n) is 4.38. The number of pyridine rings is 1. The second-order valence-corrected chi connectivity index (χ2v) is 9.35. The molecule has 0 spiro atoms. The molecule has 0 radical (unpaired) electrons. The third-order valence-electron chi connectivity index (χ3n) is 6.39. The van der Waals surface area contributed by atoms with Crippen molar-refractivity contribution in [3.8, 4) is 5.75 Å². The molecule has 1 aromatic heterocycles. The molecule has 1 aliphatic rings. The number of halogens is 1. The summed E-state index contributed by atoms with van der Waals surface area (Å²) in [6.45, 7) is 12.4. The van der Waals surface area contributed by atoms with Crippen molar-refractivity contribution in [1.82, 2.24) is 15.2 Å². The van der Waals surface area contributed by atoms with Crippen LogP contribution < -0.4 is 15.4 Å². The van der Waals surface area contributed by atoms with Crippen molar-refractivity contribution in [1.29, 1.82) is 0 Å². The number of aromatic nitrogens is 1. The summed E-state index contributed by atoms with van der Waals surface area (Å²) >= 11 is 6.11. The van der Waals surface area contributed by atoms with Crippen molar-refractivity contribution in [3.05, 3.63) is 51.7 Å². The number of carbonyl (C=O) groups excluding carboxylic acids is 1. The minimum absolute atomic E-state index is 0.128. The van der Waals surface area contributed by atoms with Crippen LogP contribution >= 0.6 is 11.6 Å². The van der Waals surface area contributed by atoms with Crippen LogP contribution in [0, 0.1) is 13.8 Å². The summed E-state index contributed by atoms with van der Waals surface area (Å²) in [6.07, 6.45) is 3.38. The summed E-state index contributed by atoms with van der Waals surface area (Å²) in [4.78, 5) is 19.8. The van der Waals surface area contributed by atoms with Gasteiger partial charge in [0.15, 0.2) is 0 Å². The Bertz CT molecular complexity index is 955. The van der Waals surface area contributed by atoms with Gasteiger partial charge in [-0.1, -0.05) is 17.7 Å². The zero-order valence-electron chi connectivity index (χ0n) is 20.0. The molecule has 1 atom stereocenters. The molecule has 1 amide bonds. The molecular weight excluding hydrogens is 424 g/mol. The molecule has 0 aliphatic carbocycles. The average molecular weight is 459 g/mol. The van der Waals surface area contributed by atoms with Gasteiger partial charge in [0.25, 0.3) is 5.91 Å². The van der Waals surface area contributed by atoms with Gasteiger partial charge in [0.05, 0.1) is 17.7 Å². The molecule has 1 aromatic carbocycles. The largest absolute Gasteiger partial charge is 0.496 e. The molecule has 1 aliphatic heterocycles. The Morgan fingerprint density at radius 1 is 1.19 bits per heavy atom. The zero-order valence-corrected chi connectivity index (χ0v) is 20.7. The SMILES string of the molecule is COc1ccc(C(C)N2CCC(NC(=O)c3cc(Cl)cnc3NC(C)C)CC2)c(C)c1C. The topological polar surface area (TPSA) is 66.5 Å². The van der Waals surface area contributed by atoms with Crippen molar-refractivity contribution in [3.63, 3.8) is 0 Å². The normalized spacial score (nSPS) is 16.1. The minimum Gasteiger partial charge on any atom is -0.496 e. The highest BCUT2D eigenvalue weighted by atomic mass is 35.5. The van der Waals surface area contributed by atoms with Crippen LogP contribution in [-0.4, -0.2) is 48.1 Å². The highest BCUT2D eigenvalue weighted by Crippen LogP contribution is 2.32. The second-order valence-electron chi connectivity index (χ2n) is 8.92. The molecule has 0 saturated carbocycles. The summed E-state index contributed by atoms with van der Waals surface area (Å²) < 4.78 is 5.46. The summed E-state index contributed by atoms with van der Waals surface area (Å²) in [5.74, 6) is 1.37.